The van der Waals surface area contributed by atoms with Crippen molar-refractivity contribution in [1.82, 2.24) is 75.2 Å². The number of pyridine rings is 2. The minimum absolute atomic E-state index is 0.140. The first-order chi connectivity index (χ1) is 38.8. The zero-order chi connectivity index (χ0) is 53.8. The lowest BCUT2D eigenvalue weighted by Crippen LogP contribution is -2.31. The van der Waals surface area contributed by atoms with Crippen molar-refractivity contribution in [3.05, 3.63) is 208 Å². The lowest BCUT2D eigenvalue weighted by Gasteiger charge is -2.30. The summed E-state index contributed by atoms with van der Waals surface area (Å²) in [6, 6.07) is 34.1. The molecule has 0 radical (unpaired) electrons. The van der Waals surface area contributed by atoms with Crippen LogP contribution in [0.15, 0.2) is 147 Å². The molecule has 20 nitrogen and oxygen atoms in total. The highest BCUT2D eigenvalue weighted by atomic mass is 35.5. The second-order valence-corrected chi connectivity index (χ2v) is 19.1. The van der Waals surface area contributed by atoms with Crippen LogP contribution in [-0.4, -0.2) is 109 Å². The van der Waals surface area contributed by atoms with E-state index in [0.29, 0.717) is 63.5 Å². The van der Waals surface area contributed by atoms with Gasteiger partial charge in [0.15, 0.2) is 22.6 Å². The molecular formula is C58H49ClN16O4. The van der Waals surface area contributed by atoms with E-state index in [0.717, 1.165) is 78.3 Å². The number of H-pyrrole nitrogens is 2. The van der Waals surface area contributed by atoms with Gasteiger partial charge in [0.2, 0.25) is 11.6 Å². The second-order valence-electron chi connectivity index (χ2n) is 18.7. The van der Waals surface area contributed by atoms with E-state index in [9.17, 15) is 9.59 Å². The van der Waals surface area contributed by atoms with Gasteiger partial charge in [-0.3, -0.25) is 19.8 Å². The Morgan fingerprint density at radius 2 is 1.10 bits per heavy atom. The maximum absolute atomic E-state index is 13.3. The van der Waals surface area contributed by atoms with Gasteiger partial charge < -0.3 is 19.7 Å². The van der Waals surface area contributed by atoms with Crippen LogP contribution in [0.2, 0.25) is 5.15 Å². The Hall–Kier alpha value is -9.79. The molecule has 0 aliphatic carbocycles. The zero-order valence-electron chi connectivity index (χ0n) is 42.8. The summed E-state index contributed by atoms with van der Waals surface area (Å²) in [7, 11) is 3.34. The molecule has 0 saturated carbocycles. The molecule has 21 heteroatoms. The Balaban J connectivity index is 0.000000131. The molecule has 0 fully saturated rings. The lowest BCUT2D eigenvalue weighted by molar-refractivity contribution is 0.102. The number of carbonyl (C=O) groups excluding carboxylic acids is 2. The fourth-order valence-electron chi connectivity index (χ4n) is 10.00. The summed E-state index contributed by atoms with van der Waals surface area (Å²) in [6.45, 7) is 4.61. The molecular weight excluding hydrogens is 1020 g/mol. The third-order valence-corrected chi connectivity index (χ3v) is 14.3. The molecule has 0 unspecified atom stereocenters. The smallest absolute Gasteiger partial charge is 0.211 e. The van der Waals surface area contributed by atoms with Crippen molar-refractivity contribution >= 4 is 73.1 Å². The lowest BCUT2D eigenvalue weighted by atomic mass is 9.98. The maximum Gasteiger partial charge on any atom is 0.211 e. The van der Waals surface area contributed by atoms with E-state index < -0.39 is 0 Å². The van der Waals surface area contributed by atoms with Gasteiger partial charge in [0.25, 0.3) is 0 Å². The highest BCUT2D eigenvalue weighted by Crippen LogP contribution is 2.33. The van der Waals surface area contributed by atoms with Crippen molar-refractivity contribution in [1.29, 1.82) is 0 Å². The molecule has 3 N–H and O–H groups in total. The number of hydrogen-bond donors (Lipinski definition) is 3. The number of halogens is 1. The van der Waals surface area contributed by atoms with Crippen molar-refractivity contribution in [3.63, 3.8) is 0 Å². The summed E-state index contributed by atoms with van der Waals surface area (Å²) in [6.07, 6.45) is 12.4. The highest BCUT2D eigenvalue weighted by Gasteiger charge is 2.27. The van der Waals surface area contributed by atoms with Gasteiger partial charge in [-0.1, -0.05) is 96.5 Å². The van der Waals surface area contributed by atoms with E-state index in [1.54, 1.807) is 50.6 Å². The standard InChI is InChI=1S/C29H24N8O2.C17H18N4O.C12H7ClN4O/c1-39-21-9-7-18(8-10-21)15-37-28-23(14-33-37)22-11-12-36(16-20(22)13-30-28)29-24-25(34-35-27(24)31-17-32-29)26(38)19-5-3-2-4-6-19;1-22-14-4-2-12(3-5-14)11-21-17-16(10-20-21)15-6-7-18-8-13(15)9-19-17;13-11-8-9(16-17-12(8)15-6-14-11)10(18)7-4-2-1-3-5-7/h2-10,13-14,17H,11-12,15-16H2,1H3,(H,31,32,34,35);2-5,9-10,18H,6-8,11H2,1H3;1-6H,(H,14,15,16,17). The summed E-state index contributed by atoms with van der Waals surface area (Å²) in [5, 5.41) is 30.0. The summed E-state index contributed by atoms with van der Waals surface area (Å²) < 4.78 is 14.4. The van der Waals surface area contributed by atoms with Crippen LogP contribution in [0.5, 0.6) is 11.5 Å². The van der Waals surface area contributed by atoms with Crippen molar-refractivity contribution < 1.29 is 19.1 Å². The molecule has 10 heterocycles. The van der Waals surface area contributed by atoms with Crippen LogP contribution in [0.1, 0.15) is 65.5 Å². The molecule has 79 heavy (non-hydrogen) atoms. The number of nitrogens with one attached hydrogen (secondary N) is 3. The number of ether oxygens (including phenoxy) is 2. The first-order valence-electron chi connectivity index (χ1n) is 25.4. The molecule has 0 spiro atoms. The van der Waals surface area contributed by atoms with Gasteiger partial charge in [0.1, 0.15) is 46.5 Å². The molecule has 0 saturated heterocycles. The molecule has 12 aromatic rings. The third kappa shape index (κ3) is 10.1. The van der Waals surface area contributed by atoms with E-state index >= 15 is 0 Å². The molecule has 392 valence electrons. The number of ketones is 2. The van der Waals surface area contributed by atoms with E-state index in [1.165, 1.54) is 40.3 Å². The summed E-state index contributed by atoms with van der Waals surface area (Å²) in [5.74, 6) is 2.06. The molecule has 0 amide bonds. The number of rotatable bonds is 11. The Bertz CT molecular complexity index is 4160. The summed E-state index contributed by atoms with van der Waals surface area (Å²) in [5.41, 5.74) is 11.9. The molecule has 0 atom stereocenters. The Labute approximate surface area is 455 Å². The van der Waals surface area contributed by atoms with E-state index in [-0.39, 0.29) is 16.7 Å². The first-order valence-corrected chi connectivity index (χ1v) is 25.8. The third-order valence-electron chi connectivity index (χ3n) is 14.0. The SMILES string of the molecule is COc1ccc(Cn2ncc3c4c(cnc32)CN(c2ncnc3n[nH]c(C(=O)c5ccccc5)c23)CC4)cc1.COc1ccc(Cn2ncc3c4c(cnc32)CNCC4)cc1.O=C(c1ccccc1)c1[nH]nc2ncnc(Cl)c12. The first kappa shape index (κ1) is 50.1. The van der Waals surface area contributed by atoms with Crippen molar-refractivity contribution in [3.8, 4) is 11.5 Å². The van der Waals surface area contributed by atoms with Crippen LogP contribution in [-0.2, 0) is 39.0 Å². The monoisotopic (exact) mass is 1070 g/mol. The number of aromatic amines is 2. The predicted octanol–water partition coefficient (Wildman–Crippen LogP) is 8.32. The van der Waals surface area contributed by atoms with Gasteiger partial charge >= 0.3 is 0 Å². The van der Waals surface area contributed by atoms with Gasteiger partial charge in [0.05, 0.1) is 50.5 Å². The summed E-state index contributed by atoms with van der Waals surface area (Å²) in [4.78, 5) is 53.9. The topological polar surface area (TPSA) is 238 Å². The molecule has 2 aliphatic heterocycles. The van der Waals surface area contributed by atoms with Gasteiger partial charge in [0, 0.05) is 53.9 Å². The zero-order valence-corrected chi connectivity index (χ0v) is 43.6. The number of carbonyl (C=O) groups is 2. The maximum atomic E-state index is 13.3. The molecule has 14 rings (SSSR count). The van der Waals surface area contributed by atoms with Gasteiger partial charge in [-0.2, -0.15) is 20.4 Å². The van der Waals surface area contributed by atoms with Crippen LogP contribution in [0.4, 0.5) is 5.82 Å². The minimum Gasteiger partial charge on any atom is -0.497 e. The number of fused-ring (bicyclic) bond motifs is 8. The number of anilines is 1. The van der Waals surface area contributed by atoms with E-state index in [1.807, 2.05) is 94.8 Å². The largest absolute Gasteiger partial charge is 0.497 e. The number of hydrogen-bond acceptors (Lipinski definition) is 16. The van der Waals surface area contributed by atoms with Gasteiger partial charge in [-0.05, 0) is 77.0 Å². The Morgan fingerprint density at radius 1 is 0.582 bits per heavy atom. The van der Waals surface area contributed by atoms with Crippen molar-refractivity contribution in [2.24, 2.45) is 0 Å². The predicted molar refractivity (Wildman–Crippen MR) is 298 cm³/mol. The number of benzene rings is 4. The summed E-state index contributed by atoms with van der Waals surface area (Å²) >= 11 is 5.97. The molecule has 0 bridgehead atoms. The van der Waals surface area contributed by atoms with Crippen LogP contribution in [0.3, 0.4) is 0 Å². The number of aromatic nitrogens is 14. The van der Waals surface area contributed by atoms with Gasteiger partial charge in [-0.25, -0.2) is 39.3 Å². The second kappa shape index (κ2) is 22.0. The highest BCUT2D eigenvalue weighted by molar-refractivity contribution is 6.35. The fourth-order valence-corrected chi connectivity index (χ4v) is 10.2. The van der Waals surface area contributed by atoms with E-state index in [2.05, 4.69) is 77.9 Å². The fraction of sp³-hybridized carbons (Fsp3) is 0.172. The Kier molecular flexibility index (Phi) is 14.0. The molecule has 2 aliphatic rings. The molecule has 4 aromatic carbocycles. The van der Waals surface area contributed by atoms with Gasteiger partial charge in [-0.15, -0.1) is 0 Å². The van der Waals surface area contributed by atoms with Crippen molar-refractivity contribution in [2.75, 3.05) is 32.2 Å². The normalized spacial score (nSPS) is 12.8. The van der Waals surface area contributed by atoms with E-state index in [4.69, 9.17) is 26.1 Å². The molecule has 8 aromatic heterocycles. The van der Waals surface area contributed by atoms with Crippen LogP contribution >= 0.6 is 11.6 Å². The average Bonchev–Trinajstić information content (AvgIpc) is 4.36. The number of methoxy groups -OCH3 is 2. The van der Waals surface area contributed by atoms with Crippen molar-refractivity contribution in [2.45, 2.75) is 39.0 Å². The number of nitrogens with zero attached hydrogens (tertiary/aromatic N) is 13. The van der Waals surface area contributed by atoms with Crippen LogP contribution < -0.4 is 19.7 Å². The van der Waals surface area contributed by atoms with Crippen LogP contribution in [0, 0.1) is 0 Å². The average molecular weight is 1070 g/mol. The quantitative estimate of drug-likeness (QED) is 0.0815. The Morgan fingerprint density at radius 3 is 1.67 bits per heavy atom. The van der Waals surface area contributed by atoms with Crippen LogP contribution in [0.25, 0.3) is 44.1 Å². The minimum atomic E-state index is -0.185.